The predicted molar refractivity (Wildman–Crippen MR) is 224 cm³/mol. The Morgan fingerprint density at radius 2 is 0.945 bits per heavy atom. The van der Waals surface area contributed by atoms with Gasteiger partial charge in [0.15, 0.2) is 0 Å². The molecule has 3 saturated heterocycles. The number of carbonyl (C=O) groups is 2. The molecule has 16 heteroatoms. The highest BCUT2D eigenvalue weighted by molar-refractivity contribution is 9.10. The topological polar surface area (TPSA) is 132 Å². The van der Waals surface area contributed by atoms with E-state index in [4.69, 9.17) is 37.4 Å². The van der Waals surface area contributed by atoms with Gasteiger partial charge < -0.3 is 37.4 Å². The molecule has 3 aliphatic heterocycles. The standard InChI is InChI=1S/C17H26BNO4.C12H16BrNO2.C10H20B2O4/c1-12-9-13(19-15(20)23-16(2,3)4)7-8-14(12)18-21-10-17(5,6)11-22-18;1-8-7-9(5-6-10(8)13)14-11(15)16-12(2,3)4;1-9(2)5-13-11(14-6-9)12-15-7-10(3,4)8-16-12/h7-9H,10-11H2,1-6H3,(H,19,20);5-7H,1-4H3,(H,14,15);5-8H2,1-4H3. The number of benzene rings is 2. The number of rotatable bonds is 4. The van der Waals surface area contributed by atoms with Crippen LogP contribution in [0.1, 0.15) is 94.2 Å². The summed E-state index contributed by atoms with van der Waals surface area (Å²) in [5, 5.41) is 5.42. The van der Waals surface area contributed by atoms with Gasteiger partial charge in [0.2, 0.25) is 0 Å². The Bertz CT molecular complexity index is 1540. The van der Waals surface area contributed by atoms with Gasteiger partial charge in [0, 0.05) is 71.7 Å². The van der Waals surface area contributed by atoms with E-state index in [1.165, 1.54) is 0 Å². The average molecular weight is 831 g/mol. The summed E-state index contributed by atoms with van der Waals surface area (Å²) in [6.45, 7) is 31.7. The minimum absolute atomic E-state index is 0.0443. The van der Waals surface area contributed by atoms with E-state index >= 15 is 0 Å². The highest BCUT2D eigenvalue weighted by Crippen LogP contribution is 2.27. The number of aryl methyl sites for hydroxylation is 2. The van der Waals surface area contributed by atoms with E-state index in [0.29, 0.717) is 45.3 Å². The van der Waals surface area contributed by atoms with Gasteiger partial charge in [-0.2, -0.15) is 0 Å². The molecule has 3 aliphatic rings. The van der Waals surface area contributed by atoms with Crippen molar-refractivity contribution in [2.75, 3.05) is 50.3 Å². The fraction of sp³-hybridized carbons (Fsp3) is 0.641. The van der Waals surface area contributed by atoms with Gasteiger partial charge in [0.05, 0.1) is 0 Å². The van der Waals surface area contributed by atoms with E-state index in [-0.39, 0.29) is 37.4 Å². The molecule has 2 aromatic carbocycles. The molecular formula is C39H62B3BrN2O10. The van der Waals surface area contributed by atoms with Crippen LogP contribution in [0.5, 0.6) is 0 Å². The van der Waals surface area contributed by atoms with E-state index < -0.39 is 23.4 Å². The van der Waals surface area contributed by atoms with Crippen LogP contribution in [0.25, 0.3) is 0 Å². The van der Waals surface area contributed by atoms with E-state index in [1.807, 2.05) is 91.8 Å². The van der Waals surface area contributed by atoms with Crippen LogP contribution in [0.15, 0.2) is 40.9 Å². The molecule has 5 rings (SSSR count). The largest absolute Gasteiger partial charge is 0.494 e. The van der Waals surface area contributed by atoms with Crippen molar-refractivity contribution in [2.45, 2.75) is 108 Å². The second-order valence-electron chi connectivity index (χ2n) is 18.7. The Morgan fingerprint density at radius 1 is 0.600 bits per heavy atom. The van der Waals surface area contributed by atoms with Crippen molar-refractivity contribution < 1.29 is 47.0 Å². The minimum Gasteiger partial charge on any atom is -0.444 e. The maximum absolute atomic E-state index is 11.8. The van der Waals surface area contributed by atoms with Crippen molar-refractivity contribution in [3.05, 3.63) is 52.0 Å². The third-order valence-corrected chi connectivity index (χ3v) is 8.89. The summed E-state index contributed by atoms with van der Waals surface area (Å²) in [5.74, 6) is 0. The van der Waals surface area contributed by atoms with Crippen molar-refractivity contribution >= 4 is 66.1 Å². The second kappa shape index (κ2) is 19.2. The zero-order chi connectivity index (χ0) is 41.4. The van der Waals surface area contributed by atoms with Gasteiger partial charge in [-0.3, -0.25) is 10.6 Å². The number of carbonyl (C=O) groups excluding carboxylic acids is 2. The Labute approximate surface area is 338 Å². The fourth-order valence-electron chi connectivity index (χ4n) is 5.18. The Hall–Kier alpha value is -2.59. The first-order valence-corrected chi connectivity index (χ1v) is 19.6. The molecule has 12 nitrogen and oxygen atoms in total. The summed E-state index contributed by atoms with van der Waals surface area (Å²) in [4.78, 5) is 23.3. The summed E-state index contributed by atoms with van der Waals surface area (Å²) < 4.78 is 45.6. The van der Waals surface area contributed by atoms with Gasteiger partial charge in [-0.1, -0.05) is 63.5 Å². The van der Waals surface area contributed by atoms with Crippen molar-refractivity contribution in [1.29, 1.82) is 0 Å². The minimum atomic E-state index is -0.518. The lowest BCUT2D eigenvalue weighted by Crippen LogP contribution is -2.56. The summed E-state index contributed by atoms with van der Waals surface area (Å²) >= 11 is 3.40. The molecule has 0 aromatic heterocycles. The number of hydrogen-bond acceptors (Lipinski definition) is 10. The lowest BCUT2D eigenvalue weighted by Gasteiger charge is -2.38. The normalized spacial score (nSPS) is 19.1. The molecule has 0 atom stereocenters. The average Bonchev–Trinajstić information content (AvgIpc) is 3.02. The number of halogens is 1. The lowest BCUT2D eigenvalue weighted by atomic mass is 9.47. The smallest absolute Gasteiger partial charge is 0.444 e. The van der Waals surface area contributed by atoms with Crippen LogP contribution in [0, 0.1) is 30.1 Å². The summed E-state index contributed by atoms with van der Waals surface area (Å²) in [6, 6.07) is 11.2. The zero-order valence-electron chi connectivity index (χ0n) is 35.4. The summed E-state index contributed by atoms with van der Waals surface area (Å²) in [6.07, 6.45) is -0.897. The summed E-state index contributed by atoms with van der Waals surface area (Å²) in [7, 11) is -1.09. The van der Waals surface area contributed by atoms with Gasteiger partial charge in [-0.25, -0.2) is 9.59 Å². The Balaban J connectivity index is 0.000000227. The van der Waals surface area contributed by atoms with E-state index in [9.17, 15) is 9.59 Å². The van der Waals surface area contributed by atoms with Crippen LogP contribution in [-0.4, -0.2) is 84.2 Å². The molecule has 0 radical (unpaired) electrons. The monoisotopic (exact) mass is 830 g/mol. The number of anilines is 2. The van der Waals surface area contributed by atoms with Crippen LogP contribution in [0.3, 0.4) is 0 Å². The first-order valence-electron chi connectivity index (χ1n) is 18.8. The SMILES string of the molecule is CC1(C)COB(B2OCC(C)(C)CO2)OC1.Cc1cc(NC(=O)OC(C)(C)C)ccc1B1OCC(C)(C)CO1.Cc1cc(NC(=O)OC(C)(C)C)ccc1Br. The van der Waals surface area contributed by atoms with Crippen molar-refractivity contribution in [1.82, 2.24) is 0 Å². The zero-order valence-corrected chi connectivity index (χ0v) is 37.0. The molecule has 0 aliphatic carbocycles. The van der Waals surface area contributed by atoms with Gasteiger partial charge in [-0.05, 0) is 102 Å². The maximum atomic E-state index is 11.8. The molecule has 3 heterocycles. The van der Waals surface area contributed by atoms with Crippen LogP contribution in [0.4, 0.5) is 21.0 Å². The maximum Gasteiger partial charge on any atom is 0.494 e. The van der Waals surface area contributed by atoms with Crippen LogP contribution < -0.4 is 16.1 Å². The Kier molecular flexibility index (Phi) is 16.4. The van der Waals surface area contributed by atoms with Gasteiger partial charge >= 0.3 is 33.3 Å². The highest BCUT2D eigenvalue weighted by atomic mass is 79.9. The number of ether oxygens (including phenoxy) is 2. The van der Waals surface area contributed by atoms with Gasteiger partial charge in [0.25, 0.3) is 0 Å². The van der Waals surface area contributed by atoms with Crippen molar-refractivity contribution in [3.63, 3.8) is 0 Å². The quantitative estimate of drug-likeness (QED) is 0.290. The van der Waals surface area contributed by atoms with Gasteiger partial charge in [-0.15, -0.1) is 0 Å². The van der Waals surface area contributed by atoms with Crippen LogP contribution >= 0.6 is 15.9 Å². The van der Waals surface area contributed by atoms with Crippen LogP contribution in [0.2, 0.25) is 0 Å². The van der Waals surface area contributed by atoms with E-state index in [0.717, 1.165) is 26.7 Å². The first kappa shape index (κ1) is 46.8. The molecular weight excluding hydrogens is 769 g/mol. The van der Waals surface area contributed by atoms with Crippen LogP contribution in [-0.2, 0) is 37.4 Å². The highest BCUT2D eigenvalue weighted by Gasteiger charge is 2.47. The molecule has 2 amide bonds. The van der Waals surface area contributed by atoms with Crippen molar-refractivity contribution in [2.24, 2.45) is 16.2 Å². The van der Waals surface area contributed by atoms with Crippen molar-refractivity contribution in [3.8, 4) is 0 Å². The Morgan fingerprint density at radius 3 is 1.29 bits per heavy atom. The molecule has 0 unspecified atom stereocenters. The molecule has 304 valence electrons. The predicted octanol–water partition coefficient (Wildman–Crippen LogP) is 8.40. The molecule has 0 saturated carbocycles. The molecule has 2 aromatic rings. The third kappa shape index (κ3) is 17.2. The molecule has 0 spiro atoms. The number of nitrogens with one attached hydrogen (secondary N) is 2. The van der Waals surface area contributed by atoms with Gasteiger partial charge in [0.1, 0.15) is 11.2 Å². The second-order valence-corrected chi connectivity index (χ2v) is 19.6. The number of hydrogen-bond donors (Lipinski definition) is 2. The third-order valence-electron chi connectivity index (χ3n) is 8.00. The lowest BCUT2D eigenvalue weighted by molar-refractivity contribution is 0.00624. The van der Waals surface area contributed by atoms with E-state index in [2.05, 4.69) is 68.1 Å². The summed E-state index contributed by atoms with van der Waals surface area (Å²) in [5.41, 5.74) is 3.69. The fourth-order valence-corrected chi connectivity index (χ4v) is 5.43. The number of amides is 2. The molecule has 0 bridgehead atoms. The first-order chi connectivity index (χ1) is 25.2. The molecule has 3 fully saturated rings. The molecule has 2 N–H and O–H groups in total. The molecule has 55 heavy (non-hydrogen) atoms. The van der Waals surface area contributed by atoms with E-state index in [1.54, 1.807) is 0 Å².